The van der Waals surface area contributed by atoms with E-state index in [2.05, 4.69) is 69.2 Å². The fraction of sp³-hybridized carbons (Fsp3) is 0.600. The maximum atomic E-state index is 3.44. The molecule has 0 heterocycles. The highest BCUT2D eigenvalue weighted by molar-refractivity contribution is 7.99. The molecule has 0 aliphatic rings. The molecule has 0 fully saturated rings. The molecular formula is C15H25NS. The molecule has 96 valence electrons. The van der Waals surface area contributed by atoms with Crippen LogP contribution in [0.4, 0.5) is 0 Å². The van der Waals surface area contributed by atoms with Crippen molar-refractivity contribution in [2.24, 2.45) is 0 Å². The first-order valence-electron chi connectivity index (χ1n) is 6.60. The predicted molar refractivity (Wildman–Crippen MR) is 79.8 cm³/mol. The fourth-order valence-electron chi connectivity index (χ4n) is 2.03. The van der Waals surface area contributed by atoms with Gasteiger partial charge in [0.25, 0.3) is 0 Å². The van der Waals surface area contributed by atoms with Crippen LogP contribution in [0.3, 0.4) is 0 Å². The zero-order valence-corrected chi connectivity index (χ0v) is 12.3. The van der Waals surface area contributed by atoms with Crippen LogP contribution < -0.4 is 5.32 Å². The fourth-order valence-corrected chi connectivity index (χ4v) is 3.13. The molecule has 0 amide bonds. The van der Waals surface area contributed by atoms with Crippen LogP contribution in [-0.2, 0) is 6.42 Å². The highest BCUT2D eigenvalue weighted by atomic mass is 32.2. The lowest BCUT2D eigenvalue weighted by Gasteiger charge is -2.23. The number of aryl methyl sites for hydroxylation is 1. The van der Waals surface area contributed by atoms with Gasteiger partial charge in [0.15, 0.2) is 0 Å². The molecule has 1 N–H and O–H groups in total. The molecule has 1 aromatic rings. The summed E-state index contributed by atoms with van der Waals surface area (Å²) in [4.78, 5) is 0. The van der Waals surface area contributed by atoms with Gasteiger partial charge in [-0.2, -0.15) is 11.8 Å². The first-order valence-corrected chi connectivity index (χ1v) is 7.65. The maximum absolute atomic E-state index is 3.44. The van der Waals surface area contributed by atoms with Crippen molar-refractivity contribution in [1.29, 1.82) is 0 Å². The van der Waals surface area contributed by atoms with E-state index < -0.39 is 0 Å². The molecule has 0 aromatic heterocycles. The first-order chi connectivity index (χ1) is 8.22. The summed E-state index contributed by atoms with van der Waals surface area (Å²) < 4.78 is 0. The van der Waals surface area contributed by atoms with E-state index in [9.17, 15) is 0 Å². The van der Waals surface area contributed by atoms with Crippen molar-refractivity contribution < 1.29 is 0 Å². The molecule has 1 nitrogen and oxygen atoms in total. The Bertz CT molecular complexity index is 307. The first kappa shape index (κ1) is 14.6. The van der Waals surface area contributed by atoms with E-state index in [0.29, 0.717) is 11.3 Å². The average Bonchev–Trinajstić information content (AvgIpc) is 2.38. The number of hydrogen-bond acceptors (Lipinski definition) is 2. The van der Waals surface area contributed by atoms with Gasteiger partial charge < -0.3 is 5.32 Å². The zero-order valence-electron chi connectivity index (χ0n) is 11.5. The molecule has 2 heteroatoms. The molecule has 17 heavy (non-hydrogen) atoms. The minimum atomic E-state index is 0.456. The zero-order chi connectivity index (χ0) is 12.7. The van der Waals surface area contributed by atoms with Crippen LogP contribution in [0.2, 0.25) is 0 Å². The van der Waals surface area contributed by atoms with E-state index in [4.69, 9.17) is 0 Å². The van der Waals surface area contributed by atoms with Gasteiger partial charge >= 0.3 is 0 Å². The number of nitrogens with one attached hydrogen (secondary N) is 1. The Hall–Kier alpha value is -0.470. The van der Waals surface area contributed by atoms with Crippen LogP contribution in [0.15, 0.2) is 24.3 Å². The van der Waals surface area contributed by atoms with Crippen molar-refractivity contribution in [3.8, 4) is 0 Å². The van der Waals surface area contributed by atoms with Gasteiger partial charge in [0.05, 0.1) is 0 Å². The van der Waals surface area contributed by atoms with Gasteiger partial charge in [-0.15, -0.1) is 0 Å². The van der Waals surface area contributed by atoms with Crippen molar-refractivity contribution >= 4 is 11.8 Å². The standard InChI is InChI=1S/C15H25NS/c1-5-11-17-12(3)15(16-4)14-9-7-13(6-2)8-10-14/h7-10,12,15-16H,5-6,11H2,1-4H3. The highest BCUT2D eigenvalue weighted by Crippen LogP contribution is 2.26. The molecule has 0 radical (unpaired) electrons. The van der Waals surface area contributed by atoms with E-state index >= 15 is 0 Å². The van der Waals surface area contributed by atoms with Crippen molar-refractivity contribution in [3.63, 3.8) is 0 Å². The van der Waals surface area contributed by atoms with Gasteiger partial charge in [0.2, 0.25) is 0 Å². The summed E-state index contributed by atoms with van der Waals surface area (Å²) in [7, 11) is 2.06. The molecule has 1 rings (SSSR count). The topological polar surface area (TPSA) is 12.0 Å². The second kappa shape index (κ2) is 7.78. The van der Waals surface area contributed by atoms with E-state index in [1.54, 1.807) is 0 Å². The van der Waals surface area contributed by atoms with E-state index in [1.807, 2.05) is 0 Å². The van der Waals surface area contributed by atoms with Crippen molar-refractivity contribution in [1.82, 2.24) is 5.32 Å². The van der Waals surface area contributed by atoms with Crippen molar-refractivity contribution in [2.75, 3.05) is 12.8 Å². The van der Waals surface area contributed by atoms with Gasteiger partial charge in [0.1, 0.15) is 0 Å². The Kier molecular flexibility index (Phi) is 6.68. The minimum Gasteiger partial charge on any atom is -0.312 e. The monoisotopic (exact) mass is 251 g/mol. The lowest BCUT2D eigenvalue weighted by Crippen LogP contribution is -2.25. The molecular weight excluding hydrogens is 226 g/mol. The number of rotatable bonds is 7. The Balaban J connectivity index is 2.70. The van der Waals surface area contributed by atoms with E-state index in [1.165, 1.54) is 23.3 Å². The normalized spacial score (nSPS) is 14.6. The number of hydrogen-bond donors (Lipinski definition) is 1. The maximum Gasteiger partial charge on any atom is 0.0435 e. The molecule has 0 saturated carbocycles. The minimum absolute atomic E-state index is 0.456. The summed E-state index contributed by atoms with van der Waals surface area (Å²) in [5, 5.41) is 4.06. The number of thioether (sulfide) groups is 1. The van der Waals surface area contributed by atoms with Gasteiger partial charge in [-0.1, -0.05) is 45.0 Å². The van der Waals surface area contributed by atoms with Crippen LogP contribution >= 0.6 is 11.8 Å². The quantitative estimate of drug-likeness (QED) is 0.785. The van der Waals surface area contributed by atoms with Crippen LogP contribution in [0, 0.1) is 0 Å². The Morgan fingerprint density at radius 2 is 1.82 bits per heavy atom. The molecule has 0 bridgehead atoms. The summed E-state index contributed by atoms with van der Waals surface area (Å²) in [6.45, 7) is 6.75. The van der Waals surface area contributed by atoms with Gasteiger partial charge in [-0.3, -0.25) is 0 Å². The Morgan fingerprint density at radius 3 is 2.29 bits per heavy atom. The molecule has 0 aliphatic heterocycles. The lowest BCUT2D eigenvalue weighted by atomic mass is 10.0. The Morgan fingerprint density at radius 1 is 1.18 bits per heavy atom. The summed E-state index contributed by atoms with van der Waals surface area (Å²) in [6, 6.07) is 9.48. The smallest absolute Gasteiger partial charge is 0.0435 e. The van der Waals surface area contributed by atoms with Gasteiger partial charge in [-0.05, 0) is 36.8 Å². The molecule has 0 aliphatic carbocycles. The van der Waals surface area contributed by atoms with Crippen LogP contribution in [0.1, 0.15) is 44.4 Å². The van der Waals surface area contributed by atoms with Gasteiger partial charge in [0, 0.05) is 11.3 Å². The SMILES string of the molecule is CCCSC(C)C(NC)c1ccc(CC)cc1. The predicted octanol–water partition coefficient (Wildman–Crippen LogP) is 4.04. The summed E-state index contributed by atoms with van der Waals surface area (Å²) in [6.07, 6.45) is 2.37. The molecule has 2 unspecified atom stereocenters. The summed E-state index contributed by atoms with van der Waals surface area (Å²) >= 11 is 2.05. The van der Waals surface area contributed by atoms with E-state index in [0.717, 1.165) is 6.42 Å². The third kappa shape index (κ3) is 4.36. The largest absolute Gasteiger partial charge is 0.312 e. The number of benzene rings is 1. The molecule has 1 aromatic carbocycles. The third-order valence-electron chi connectivity index (χ3n) is 3.11. The Labute approximate surface area is 110 Å². The molecule has 0 spiro atoms. The summed E-state index contributed by atoms with van der Waals surface area (Å²) in [5.41, 5.74) is 2.82. The van der Waals surface area contributed by atoms with Gasteiger partial charge in [-0.25, -0.2) is 0 Å². The van der Waals surface area contributed by atoms with Crippen molar-refractivity contribution in [3.05, 3.63) is 35.4 Å². The van der Waals surface area contributed by atoms with E-state index in [-0.39, 0.29) is 0 Å². The van der Waals surface area contributed by atoms with Crippen LogP contribution in [0.5, 0.6) is 0 Å². The lowest BCUT2D eigenvalue weighted by molar-refractivity contribution is 0.589. The second-order valence-corrected chi connectivity index (χ2v) is 5.92. The molecule has 2 atom stereocenters. The second-order valence-electron chi connectivity index (χ2n) is 4.44. The molecule has 0 saturated heterocycles. The summed E-state index contributed by atoms with van der Waals surface area (Å²) in [5.74, 6) is 1.24. The highest BCUT2D eigenvalue weighted by Gasteiger charge is 2.17. The van der Waals surface area contributed by atoms with Crippen molar-refractivity contribution in [2.45, 2.75) is 44.9 Å². The average molecular weight is 251 g/mol. The third-order valence-corrected chi connectivity index (χ3v) is 4.55. The van der Waals surface area contributed by atoms with Crippen LogP contribution in [0.25, 0.3) is 0 Å². The van der Waals surface area contributed by atoms with Crippen LogP contribution in [-0.4, -0.2) is 18.1 Å².